The van der Waals surface area contributed by atoms with Crippen molar-refractivity contribution >= 4 is 23.3 Å². The van der Waals surface area contributed by atoms with Crippen molar-refractivity contribution in [2.45, 2.75) is 12.6 Å². The van der Waals surface area contributed by atoms with Crippen LogP contribution in [0.2, 0.25) is 0 Å². The number of non-ortho nitro benzene ring substituents is 1. The number of carbonyl (C=O) groups is 2. The molecule has 0 bridgehead atoms. The van der Waals surface area contributed by atoms with E-state index in [2.05, 4.69) is 10.1 Å². The number of alkyl halides is 3. The van der Waals surface area contributed by atoms with Crippen molar-refractivity contribution in [3.63, 3.8) is 0 Å². The highest BCUT2D eigenvalue weighted by atomic mass is 19.4. The Kier molecular flexibility index (Phi) is 5.87. The Labute approximate surface area is 155 Å². The standard InChI is InChI=1S/C17H13F3N2O6/c1-28-14-5-3-10(7-13(14)17(18,19)20)21-15(23)6-9-2-4-11(22(26)27)8-12(9)16(24)25/h2-5,7-8H,6H2,1H3,(H,21,23)(H,24,25). The third kappa shape index (κ3) is 4.75. The maximum Gasteiger partial charge on any atom is 0.420 e. The van der Waals surface area contributed by atoms with Gasteiger partial charge in [0.2, 0.25) is 5.91 Å². The van der Waals surface area contributed by atoms with Crippen LogP contribution < -0.4 is 10.1 Å². The van der Waals surface area contributed by atoms with Crippen LogP contribution in [0.1, 0.15) is 21.5 Å². The maximum absolute atomic E-state index is 13.0. The zero-order valence-corrected chi connectivity index (χ0v) is 14.2. The molecule has 11 heteroatoms. The number of ether oxygens (including phenoxy) is 1. The number of benzene rings is 2. The second-order valence-electron chi connectivity index (χ2n) is 5.54. The van der Waals surface area contributed by atoms with Gasteiger partial charge < -0.3 is 15.2 Å². The number of amides is 1. The molecule has 0 aliphatic rings. The van der Waals surface area contributed by atoms with Crippen LogP contribution in [0.25, 0.3) is 0 Å². The Morgan fingerprint density at radius 3 is 2.43 bits per heavy atom. The third-order valence-corrected chi connectivity index (χ3v) is 3.67. The molecule has 2 aromatic carbocycles. The average molecular weight is 398 g/mol. The number of nitro benzene ring substituents is 1. The van der Waals surface area contributed by atoms with Gasteiger partial charge in [-0.2, -0.15) is 13.2 Å². The number of halogens is 3. The third-order valence-electron chi connectivity index (χ3n) is 3.67. The molecule has 148 valence electrons. The van der Waals surface area contributed by atoms with Gasteiger partial charge in [0.15, 0.2) is 0 Å². The molecule has 28 heavy (non-hydrogen) atoms. The topological polar surface area (TPSA) is 119 Å². The lowest BCUT2D eigenvalue weighted by molar-refractivity contribution is -0.384. The Balaban J connectivity index is 2.25. The zero-order chi connectivity index (χ0) is 21.1. The normalized spacial score (nSPS) is 11.0. The Morgan fingerprint density at radius 2 is 1.89 bits per heavy atom. The van der Waals surface area contributed by atoms with Crippen LogP contribution in [0.5, 0.6) is 5.75 Å². The molecule has 0 aliphatic heterocycles. The molecule has 2 N–H and O–H groups in total. The molecule has 0 aliphatic carbocycles. The highest BCUT2D eigenvalue weighted by molar-refractivity contribution is 5.96. The van der Waals surface area contributed by atoms with Gasteiger partial charge in [-0.05, 0) is 23.8 Å². The van der Waals surface area contributed by atoms with E-state index in [0.29, 0.717) is 6.07 Å². The number of nitro groups is 1. The number of methoxy groups -OCH3 is 1. The molecule has 2 rings (SSSR count). The first-order chi connectivity index (χ1) is 13.0. The molecule has 0 fully saturated rings. The van der Waals surface area contributed by atoms with E-state index in [-0.39, 0.29) is 11.3 Å². The van der Waals surface area contributed by atoms with Gasteiger partial charge in [0, 0.05) is 17.8 Å². The Morgan fingerprint density at radius 1 is 1.21 bits per heavy atom. The van der Waals surface area contributed by atoms with E-state index in [1.807, 2.05) is 0 Å². The van der Waals surface area contributed by atoms with E-state index in [0.717, 1.165) is 31.4 Å². The SMILES string of the molecule is COc1ccc(NC(=O)Cc2ccc([N+](=O)[O-])cc2C(=O)O)cc1C(F)(F)F. The summed E-state index contributed by atoms with van der Waals surface area (Å²) in [5, 5.41) is 22.1. The minimum absolute atomic E-state index is 0.0276. The lowest BCUT2D eigenvalue weighted by atomic mass is 10.0. The minimum Gasteiger partial charge on any atom is -0.496 e. The second kappa shape index (κ2) is 7.94. The van der Waals surface area contributed by atoms with Crippen LogP contribution in [-0.4, -0.2) is 29.0 Å². The molecule has 0 aromatic heterocycles. The summed E-state index contributed by atoms with van der Waals surface area (Å²) in [6.07, 6.45) is -5.21. The number of anilines is 1. The predicted octanol–water partition coefficient (Wildman–Crippen LogP) is 3.50. The quantitative estimate of drug-likeness (QED) is 0.568. The zero-order valence-electron chi connectivity index (χ0n) is 14.2. The number of hydrogen-bond acceptors (Lipinski definition) is 5. The van der Waals surface area contributed by atoms with E-state index < -0.39 is 52.0 Å². The maximum atomic E-state index is 13.0. The van der Waals surface area contributed by atoms with Crippen LogP contribution >= 0.6 is 0 Å². The molecular weight excluding hydrogens is 385 g/mol. The van der Waals surface area contributed by atoms with Gasteiger partial charge in [-0.3, -0.25) is 14.9 Å². The lowest BCUT2D eigenvalue weighted by Gasteiger charge is -2.14. The molecular formula is C17H13F3N2O6. The Hall–Kier alpha value is -3.63. The minimum atomic E-state index is -4.71. The summed E-state index contributed by atoms with van der Waals surface area (Å²) in [4.78, 5) is 33.4. The molecule has 0 atom stereocenters. The summed E-state index contributed by atoms with van der Waals surface area (Å²) in [6.45, 7) is 0. The first-order valence-electron chi connectivity index (χ1n) is 7.58. The first-order valence-corrected chi connectivity index (χ1v) is 7.58. The van der Waals surface area contributed by atoms with Crippen LogP contribution in [-0.2, 0) is 17.4 Å². The van der Waals surface area contributed by atoms with Crippen LogP contribution in [0, 0.1) is 10.1 Å². The molecule has 2 aromatic rings. The number of aromatic carboxylic acids is 1. The number of rotatable bonds is 6. The first kappa shape index (κ1) is 20.7. The fraction of sp³-hybridized carbons (Fsp3) is 0.176. The number of carbonyl (C=O) groups excluding carboxylic acids is 1. The van der Waals surface area contributed by atoms with E-state index in [4.69, 9.17) is 5.11 Å². The van der Waals surface area contributed by atoms with Crippen LogP contribution in [0.15, 0.2) is 36.4 Å². The van der Waals surface area contributed by atoms with Gasteiger partial charge in [-0.1, -0.05) is 6.07 Å². The van der Waals surface area contributed by atoms with E-state index in [1.54, 1.807) is 0 Å². The average Bonchev–Trinajstić information content (AvgIpc) is 2.60. The second-order valence-corrected chi connectivity index (χ2v) is 5.54. The number of nitrogens with zero attached hydrogens (tertiary/aromatic N) is 1. The number of nitrogens with one attached hydrogen (secondary N) is 1. The summed E-state index contributed by atoms with van der Waals surface area (Å²) in [6, 6.07) is 5.86. The molecule has 0 spiro atoms. The van der Waals surface area contributed by atoms with E-state index >= 15 is 0 Å². The summed E-state index contributed by atoms with van der Waals surface area (Å²) >= 11 is 0. The van der Waals surface area contributed by atoms with Gasteiger partial charge in [0.25, 0.3) is 5.69 Å². The monoisotopic (exact) mass is 398 g/mol. The van der Waals surface area contributed by atoms with E-state index in [1.165, 1.54) is 6.07 Å². The lowest BCUT2D eigenvalue weighted by Crippen LogP contribution is -2.17. The van der Waals surface area contributed by atoms with Crippen molar-refractivity contribution in [2.24, 2.45) is 0 Å². The summed E-state index contributed by atoms with van der Waals surface area (Å²) in [7, 11) is 1.07. The number of carboxylic acid groups (broad SMARTS) is 1. The van der Waals surface area contributed by atoms with Crippen molar-refractivity contribution < 1.29 is 37.5 Å². The fourth-order valence-electron chi connectivity index (χ4n) is 2.42. The fourth-order valence-corrected chi connectivity index (χ4v) is 2.42. The number of carboxylic acids is 1. The van der Waals surface area contributed by atoms with E-state index in [9.17, 15) is 32.9 Å². The molecule has 8 nitrogen and oxygen atoms in total. The van der Waals surface area contributed by atoms with Crippen molar-refractivity contribution in [3.05, 3.63) is 63.2 Å². The molecule has 1 amide bonds. The Bertz CT molecular complexity index is 943. The predicted molar refractivity (Wildman–Crippen MR) is 90.4 cm³/mol. The summed E-state index contributed by atoms with van der Waals surface area (Å²) < 4.78 is 43.7. The molecule has 0 saturated heterocycles. The largest absolute Gasteiger partial charge is 0.496 e. The van der Waals surface area contributed by atoms with Gasteiger partial charge in [-0.25, -0.2) is 4.79 Å². The molecule has 0 saturated carbocycles. The van der Waals surface area contributed by atoms with Gasteiger partial charge in [0.1, 0.15) is 5.75 Å². The van der Waals surface area contributed by atoms with Crippen molar-refractivity contribution in [3.8, 4) is 5.75 Å². The van der Waals surface area contributed by atoms with Crippen LogP contribution in [0.4, 0.5) is 24.5 Å². The highest BCUT2D eigenvalue weighted by Gasteiger charge is 2.34. The van der Waals surface area contributed by atoms with Crippen molar-refractivity contribution in [1.82, 2.24) is 0 Å². The van der Waals surface area contributed by atoms with Gasteiger partial charge >= 0.3 is 12.1 Å². The molecule has 0 heterocycles. The molecule has 0 radical (unpaired) electrons. The van der Waals surface area contributed by atoms with Crippen molar-refractivity contribution in [2.75, 3.05) is 12.4 Å². The van der Waals surface area contributed by atoms with Gasteiger partial charge in [0.05, 0.1) is 29.6 Å². The highest BCUT2D eigenvalue weighted by Crippen LogP contribution is 2.37. The summed E-state index contributed by atoms with van der Waals surface area (Å²) in [5.74, 6) is -2.70. The molecule has 0 unspecified atom stereocenters. The summed E-state index contributed by atoms with van der Waals surface area (Å²) in [5.41, 5.74) is -2.20. The number of hydrogen-bond donors (Lipinski definition) is 2. The van der Waals surface area contributed by atoms with Crippen LogP contribution in [0.3, 0.4) is 0 Å². The smallest absolute Gasteiger partial charge is 0.420 e. The van der Waals surface area contributed by atoms with Gasteiger partial charge in [-0.15, -0.1) is 0 Å². The van der Waals surface area contributed by atoms with Crippen molar-refractivity contribution in [1.29, 1.82) is 0 Å².